The Balaban J connectivity index is 1.65. The first-order valence-corrected chi connectivity index (χ1v) is 9.52. The number of aromatic amines is 1. The Hall–Kier alpha value is -2.46. The number of amides is 2. The Morgan fingerprint density at radius 1 is 1.00 bits per heavy atom. The number of benzene rings is 2. The predicted molar refractivity (Wildman–Crippen MR) is 108 cm³/mol. The van der Waals surface area contributed by atoms with Crippen LogP contribution in [0.3, 0.4) is 0 Å². The van der Waals surface area contributed by atoms with Crippen molar-refractivity contribution >= 4 is 34.2 Å². The number of H-pyrrole nitrogens is 1. The molecule has 0 bridgehead atoms. The molecule has 0 saturated heterocycles. The SMILES string of the molecule is O=C(Nc1c(-c2ccc(Cl)cc2)[nH]c2ccccc12)NC1CCCCC1. The molecular formula is C21H22ClN3O. The van der Waals surface area contributed by atoms with E-state index in [2.05, 4.69) is 15.6 Å². The fourth-order valence-corrected chi connectivity index (χ4v) is 3.81. The maximum atomic E-state index is 12.6. The van der Waals surface area contributed by atoms with Gasteiger partial charge in [-0.1, -0.05) is 61.2 Å². The highest BCUT2D eigenvalue weighted by Gasteiger charge is 2.19. The molecule has 0 aliphatic heterocycles. The van der Waals surface area contributed by atoms with E-state index in [1.54, 1.807) is 0 Å². The molecule has 2 amide bonds. The minimum atomic E-state index is -0.142. The molecule has 1 fully saturated rings. The van der Waals surface area contributed by atoms with Crippen molar-refractivity contribution in [1.82, 2.24) is 10.3 Å². The first kappa shape index (κ1) is 17.0. The van der Waals surface area contributed by atoms with Gasteiger partial charge in [0.1, 0.15) is 0 Å². The van der Waals surface area contributed by atoms with Crippen molar-refractivity contribution in [3.8, 4) is 11.3 Å². The molecule has 1 saturated carbocycles. The van der Waals surface area contributed by atoms with Crippen LogP contribution in [0.25, 0.3) is 22.2 Å². The second kappa shape index (κ2) is 7.42. The van der Waals surface area contributed by atoms with Crippen molar-refractivity contribution in [3.63, 3.8) is 0 Å². The third-order valence-electron chi connectivity index (χ3n) is 5.02. The number of urea groups is 1. The van der Waals surface area contributed by atoms with Gasteiger partial charge in [-0.2, -0.15) is 0 Å². The Kier molecular flexibility index (Phi) is 4.85. The second-order valence-corrected chi connectivity index (χ2v) is 7.30. The molecule has 0 unspecified atom stereocenters. The van der Waals surface area contributed by atoms with Crippen molar-refractivity contribution in [3.05, 3.63) is 53.6 Å². The summed E-state index contributed by atoms with van der Waals surface area (Å²) in [6.45, 7) is 0. The Labute approximate surface area is 157 Å². The van der Waals surface area contributed by atoms with Gasteiger partial charge in [-0.25, -0.2) is 4.79 Å². The van der Waals surface area contributed by atoms with Crippen LogP contribution in [0.15, 0.2) is 48.5 Å². The lowest BCUT2D eigenvalue weighted by Gasteiger charge is -2.23. The Morgan fingerprint density at radius 2 is 1.73 bits per heavy atom. The Bertz CT molecular complexity index is 911. The molecule has 5 heteroatoms. The maximum Gasteiger partial charge on any atom is 0.319 e. The first-order valence-electron chi connectivity index (χ1n) is 9.15. The van der Waals surface area contributed by atoms with Crippen LogP contribution in [0.5, 0.6) is 0 Å². The van der Waals surface area contributed by atoms with E-state index in [1.165, 1.54) is 19.3 Å². The molecule has 0 atom stereocenters. The summed E-state index contributed by atoms with van der Waals surface area (Å²) in [5, 5.41) is 7.89. The third kappa shape index (κ3) is 3.56. The highest BCUT2D eigenvalue weighted by molar-refractivity contribution is 6.30. The monoisotopic (exact) mass is 367 g/mol. The zero-order chi connectivity index (χ0) is 17.9. The van der Waals surface area contributed by atoms with Crippen molar-refractivity contribution in [2.75, 3.05) is 5.32 Å². The van der Waals surface area contributed by atoms with Crippen molar-refractivity contribution < 1.29 is 4.79 Å². The molecule has 1 aliphatic rings. The number of para-hydroxylation sites is 1. The molecule has 2 aromatic carbocycles. The van der Waals surface area contributed by atoms with Crippen molar-refractivity contribution in [2.24, 2.45) is 0 Å². The zero-order valence-electron chi connectivity index (χ0n) is 14.5. The number of nitrogens with one attached hydrogen (secondary N) is 3. The molecule has 4 rings (SSSR count). The van der Waals surface area contributed by atoms with Crippen LogP contribution >= 0.6 is 11.6 Å². The van der Waals surface area contributed by atoms with Gasteiger partial charge in [0, 0.05) is 27.5 Å². The number of rotatable bonds is 3. The fourth-order valence-electron chi connectivity index (χ4n) is 3.69. The van der Waals surface area contributed by atoms with E-state index >= 15 is 0 Å². The standard InChI is InChI=1S/C21H22ClN3O/c22-15-12-10-14(11-13-15)19-20(17-8-4-5-9-18(17)24-19)25-21(26)23-16-6-2-1-3-7-16/h4-5,8-13,16,24H,1-3,6-7H2,(H2,23,25,26). The van der Waals surface area contributed by atoms with Gasteiger partial charge < -0.3 is 15.6 Å². The van der Waals surface area contributed by atoms with E-state index in [0.717, 1.165) is 40.7 Å². The van der Waals surface area contributed by atoms with Crippen LogP contribution < -0.4 is 10.6 Å². The normalized spacial score (nSPS) is 15.1. The summed E-state index contributed by atoms with van der Waals surface area (Å²) in [5.41, 5.74) is 3.67. The molecule has 134 valence electrons. The second-order valence-electron chi connectivity index (χ2n) is 6.86. The lowest BCUT2D eigenvalue weighted by Crippen LogP contribution is -2.39. The van der Waals surface area contributed by atoms with Gasteiger partial charge in [0.05, 0.1) is 11.4 Å². The van der Waals surface area contributed by atoms with Crippen LogP contribution in [0.4, 0.5) is 10.5 Å². The van der Waals surface area contributed by atoms with E-state index in [9.17, 15) is 4.79 Å². The summed E-state index contributed by atoms with van der Waals surface area (Å²) in [6.07, 6.45) is 5.77. The fraction of sp³-hybridized carbons (Fsp3) is 0.286. The molecule has 4 nitrogen and oxygen atoms in total. The highest BCUT2D eigenvalue weighted by Crippen LogP contribution is 2.35. The number of hydrogen-bond acceptors (Lipinski definition) is 1. The van der Waals surface area contributed by atoms with Crippen LogP contribution in [0.1, 0.15) is 32.1 Å². The van der Waals surface area contributed by atoms with Gasteiger partial charge in [-0.05, 0) is 31.0 Å². The number of carbonyl (C=O) groups is 1. The quantitative estimate of drug-likeness (QED) is 0.527. The summed E-state index contributed by atoms with van der Waals surface area (Å²) in [4.78, 5) is 16.0. The van der Waals surface area contributed by atoms with E-state index < -0.39 is 0 Å². The highest BCUT2D eigenvalue weighted by atomic mass is 35.5. The first-order chi connectivity index (χ1) is 12.7. The average molecular weight is 368 g/mol. The van der Waals surface area contributed by atoms with Gasteiger partial charge in [0.25, 0.3) is 0 Å². The summed E-state index contributed by atoms with van der Waals surface area (Å²) in [7, 11) is 0. The molecule has 26 heavy (non-hydrogen) atoms. The molecule has 1 aromatic heterocycles. The summed E-state index contributed by atoms with van der Waals surface area (Å²) >= 11 is 6.02. The number of fused-ring (bicyclic) bond motifs is 1. The molecular weight excluding hydrogens is 346 g/mol. The van der Waals surface area contributed by atoms with Crippen molar-refractivity contribution in [2.45, 2.75) is 38.1 Å². The molecule has 1 aliphatic carbocycles. The maximum absolute atomic E-state index is 12.6. The number of halogens is 1. The molecule has 1 heterocycles. The summed E-state index contributed by atoms with van der Waals surface area (Å²) < 4.78 is 0. The van der Waals surface area contributed by atoms with Crippen LogP contribution in [-0.4, -0.2) is 17.1 Å². The summed E-state index contributed by atoms with van der Waals surface area (Å²) in [6, 6.07) is 15.7. The smallest absolute Gasteiger partial charge is 0.319 e. The van der Waals surface area contributed by atoms with Gasteiger partial charge in [0.15, 0.2) is 0 Å². The topological polar surface area (TPSA) is 56.9 Å². The third-order valence-corrected chi connectivity index (χ3v) is 5.27. The van der Waals surface area contributed by atoms with Gasteiger partial charge in [0.2, 0.25) is 0 Å². The van der Waals surface area contributed by atoms with Crippen LogP contribution in [0.2, 0.25) is 5.02 Å². The average Bonchev–Trinajstić information content (AvgIpc) is 3.02. The minimum Gasteiger partial charge on any atom is -0.353 e. The number of carbonyl (C=O) groups excluding carboxylic acids is 1. The van der Waals surface area contributed by atoms with E-state index in [4.69, 9.17) is 11.6 Å². The van der Waals surface area contributed by atoms with Gasteiger partial charge in [-0.3, -0.25) is 0 Å². The minimum absolute atomic E-state index is 0.142. The van der Waals surface area contributed by atoms with Crippen molar-refractivity contribution in [1.29, 1.82) is 0 Å². The lowest BCUT2D eigenvalue weighted by atomic mass is 9.96. The van der Waals surface area contributed by atoms with Crippen LogP contribution in [0, 0.1) is 0 Å². The number of hydrogen-bond donors (Lipinski definition) is 3. The summed E-state index contributed by atoms with van der Waals surface area (Å²) in [5.74, 6) is 0. The van der Waals surface area contributed by atoms with Gasteiger partial charge in [-0.15, -0.1) is 0 Å². The van der Waals surface area contributed by atoms with E-state index in [1.807, 2.05) is 48.5 Å². The van der Waals surface area contributed by atoms with E-state index in [0.29, 0.717) is 5.02 Å². The predicted octanol–water partition coefficient (Wildman–Crippen LogP) is 5.94. The molecule has 0 radical (unpaired) electrons. The van der Waals surface area contributed by atoms with Gasteiger partial charge >= 0.3 is 6.03 Å². The Morgan fingerprint density at radius 3 is 2.50 bits per heavy atom. The zero-order valence-corrected chi connectivity index (χ0v) is 15.3. The lowest BCUT2D eigenvalue weighted by molar-refractivity contribution is 0.244. The molecule has 3 aromatic rings. The molecule has 0 spiro atoms. The molecule has 3 N–H and O–H groups in total. The largest absolute Gasteiger partial charge is 0.353 e. The van der Waals surface area contributed by atoms with E-state index in [-0.39, 0.29) is 12.1 Å². The van der Waals surface area contributed by atoms with Crippen LogP contribution in [-0.2, 0) is 0 Å². The number of aromatic nitrogens is 1. The number of anilines is 1.